The normalized spacial score (nSPS) is 10.5. The Morgan fingerprint density at radius 3 is 1.81 bits per heavy atom. The molecule has 0 nitrogen and oxygen atoms in total. The van der Waals surface area contributed by atoms with E-state index in [0.717, 1.165) is 24.3 Å². The van der Waals surface area contributed by atoms with Crippen molar-refractivity contribution in [3.63, 3.8) is 0 Å². The van der Waals surface area contributed by atoms with Gasteiger partial charge in [0.15, 0.2) is 0 Å². The first-order valence-corrected chi connectivity index (χ1v) is 4.40. The smallest absolute Gasteiger partial charge is 0.134 e. The van der Waals surface area contributed by atoms with Gasteiger partial charge in [-0.1, -0.05) is 6.07 Å². The summed E-state index contributed by atoms with van der Waals surface area (Å²) in [6, 6.07) is 6.60. The molecule has 0 aromatic heterocycles. The lowest BCUT2D eigenvalue weighted by Crippen LogP contribution is -1.91. The number of hydrogen-bond acceptors (Lipinski definition) is 0. The topological polar surface area (TPSA) is 0 Å². The summed E-state index contributed by atoms with van der Waals surface area (Å²) in [5.74, 6) is -3.75. The molecule has 0 aliphatic heterocycles. The Kier molecular flexibility index (Phi) is 2.64. The van der Waals surface area contributed by atoms with Gasteiger partial charge in [-0.2, -0.15) is 0 Å². The number of benzene rings is 2. The Morgan fingerprint density at radius 1 is 0.812 bits per heavy atom. The molecule has 0 bridgehead atoms. The highest BCUT2D eigenvalue weighted by molar-refractivity contribution is 5.64. The molecule has 0 saturated carbocycles. The Labute approximate surface area is 89.2 Å². The van der Waals surface area contributed by atoms with Crippen LogP contribution in [0.5, 0.6) is 0 Å². The molecule has 2 aromatic rings. The van der Waals surface area contributed by atoms with E-state index < -0.39 is 28.8 Å². The summed E-state index contributed by atoms with van der Waals surface area (Å²) >= 11 is 0. The highest BCUT2D eigenvalue weighted by Crippen LogP contribution is 2.26. The minimum absolute atomic E-state index is 0.190. The van der Waals surface area contributed by atoms with E-state index in [4.69, 9.17) is 0 Å². The van der Waals surface area contributed by atoms with Crippen LogP contribution in [0.4, 0.5) is 17.6 Å². The SMILES string of the molecule is Fc1[c]c(F)cc(-c2c(F)cccc2F)c1. The monoisotopic (exact) mass is 225 g/mol. The molecule has 0 unspecified atom stereocenters. The summed E-state index contributed by atoms with van der Waals surface area (Å²) in [4.78, 5) is 0. The van der Waals surface area contributed by atoms with Gasteiger partial charge >= 0.3 is 0 Å². The van der Waals surface area contributed by atoms with Crippen LogP contribution in [-0.2, 0) is 0 Å². The van der Waals surface area contributed by atoms with Crippen LogP contribution >= 0.6 is 0 Å². The zero-order chi connectivity index (χ0) is 11.7. The summed E-state index contributed by atoms with van der Waals surface area (Å²) in [6.07, 6.45) is 0. The summed E-state index contributed by atoms with van der Waals surface area (Å²) in [5.41, 5.74) is -0.640. The molecule has 16 heavy (non-hydrogen) atoms. The third kappa shape index (κ3) is 1.91. The fourth-order valence-corrected chi connectivity index (χ4v) is 1.42. The molecule has 2 aromatic carbocycles. The predicted octanol–water partition coefficient (Wildman–Crippen LogP) is 3.71. The van der Waals surface area contributed by atoms with Crippen molar-refractivity contribution in [1.82, 2.24) is 0 Å². The molecule has 0 fully saturated rings. The second-order valence-corrected chi connectivity index (χ2v) is 3.16. The lowest BCUT2D eigenvalue weighted by atomic mass is 10.0. The molecular weight excluding hydrogens is 220 g/mol. The van der Waals surface area contributed by atoms with Crippen molar-refractivity contribution in [3.05, 3.63) is 59.7 Å². The predicted molar refractivity (Wildman–Crippen MR) is 50.5 cm³/mol. The Balaban J connectivity index is 2.67. The van der Waals surface area contributed by atoms with Crippen molar-refractivity contribution < 1.29 is 17.6 Å². The minimum Gasteiger partial charge on any atom is -0.206 e. The van der Waals surface area contributed by atoms with Gasteiger partial charge in [0, 0.05) is 0 Å². The van der Waals surface area contributed by atoms with E-state index in [-0.39, 0.29) is 5.56 Å². The third-order valence-electron chi connectivity index (χ3n) is 2.05. The van der Waals surface area contributed by atoms with Gasteiger partial charge in [0.2, 0.25) is 0 Å². The average Bonchev–Trinajstić information content (AvgIpc) is 2.15. The first-order valence-electron chi connectivity index (χ1n) is 4.40. The van der Waals surface area contributed by atoms with E-state index in [9.17, 15) is 17.6 Å². The van der Waals surface area contributed by atoms with Crippen molar-refractivity contribution in [3.8, 4) is 11.1 Å². The van der Waals surface area contributed by atoms with E-state index >= 15 is 0 Å². The largest absolute Gasteiger partial charge is 0.206 e. The van der Waals surface area contributed by atoms with Gasteiger partial charge in [0.05, 0.1) is 11.6 Å². The van der Waals surface area contributed by atoms with Crippen molar-refractivity contribution in [2.24, 2.45) is 0 Å². The van der Waals surface area contributed by atoms with E-state index in [0.29, 0.717) is 0 Å². The standard InChI is InChI=1S/C12H5F4/c13-8-4-7(5-9(14)6-8)12-10(15)2-1-3-11(12)16/h1-5H. The van der Waals surface area contributed by atoms with Gasteiger partial charge in [0.1, 0.15) is 23.3 Å². The quantitative estimate of drug-likeness (QED) is 0.649. The van der Waals surface area contributed by atoms with Crippen LogP contribution in [-0.4, -0.2) is 0 Å². The van der Waals surface area contributed by atoms with Gasteiger partial charge in [0.25, 0.3) is 0 Å². The van der Waals surface area contributed by atoms with E-state index in [1.165, 1.54) is 6.07 Å². The zero-order valence-corrected chi connectivity index (χ0v) is 7.90. The van der Waals surface area contributed by atoms with Crippen LogP contribution in [0.25, 0.3) is 11.1 Å². The molecule has 81 valence electrons. The first-order chi connectivity index (χ1) is 7.58. The Hall–Kier alpha value is -1.84. The molecule has 0 heterocycles. The second-order valence-electron chi connectivity index (χ2n) is 3.16. The van der Waals surface area contributed by atoms with Crippen LogP contribution in [0.3, 0.4) is 0 Å². The van der Waals surface area contributed by atoms with Crippen LogP contribution in [0.1, 0.15) is 0 Å². The molecule has 0 spiro atoms. The van der Waals surface area contributed by atoms with Gasteiger partial charge in [-0.05, 0) is 29.8 Å². The molecule has 0 aliphatic rings. The van der Waals surface area contributed by atoms with E-state index in [1.807, 2.05) is 0 Å². The summed E-state index contributed by atoms with van der Waals surface area (Å²) in [5, 5.41) is 0. The molecule has 0 atom stereocenters. The summed E-state index contributed by atoms with van der Waals surface area (Å²) < 4.78 is 52.3. The minimum atomic E-state index is -1.00. The van der Waals surface area contributed by atoms with Gasteiger partial charge in [-0.3, -0.25) is 0 Å². The molecule has 0 saturated heterocycles. The maximum atomic E-state index is 13.3. The van der Waals surface area contributed by atoms with Crippen LogP contribution in [0.2, 0.25) is 0 Å². The lowest BCUT2D eigenvalue weighted by molar-refractivity contribution is 0.575. The van der Waals surface area contributed by atoms with Gasteiger partial charge < -0.3 is 0 Å². The Morgan fingerprint density at radius 2 is 1.31 bits per heavy atom. The van der Waals surface area contributed by atoms with Crippen LogP contribution < -0.4 is 0 Å². The molecule has 2 rings (SSSR count). The fraction of sp³-hybridized carbons (Fsp3) is 0. The Bertz CT molecular complexity index is 494. The summed E-state index contributed by atoms with van der Waals surface area (Å²) in [6.45, 7) is 0. The molecule has 0 amide bonds. The fourth-order valence-electron chi connectivity index (χ4n) is 1.42. The average molecular weight is 225 g/mol. The van der Waals surface area contributed by atoms with Crippen LogP contribution in [0, 0.1) is 29.3 Å². The second kappa shape index (κ2) is 3.96. The first kappa shape index (κ1) is 10.7. The summed E-state index contributed by atoms with van der Waals surface area (Å²) in [7, 11) is 0. The van der Waals surface area contributed by atoms with Crippen molar-refractivity contribution in [2.45, 2.75) is 0 Å². The number of halogens is 4. The third-order valence-corrected chi connectivity index (χ3v) is 2.05. The maximum absolute atomic E-state index is 13.3. The van der Waals surface area contributed by atoms with E-state index in [2.05, 4.69) is 0 Å². The van der Waals surface area contributed by atoms with E-state index in [1.54, 1.807) is 6.07 Å². The molecule has 1 radical (unpaired) electrons. The number of hydrogen-bond donors (Lipinski definition) is 0. The van der Waals surface area contributed by atoms with Crippen molar-refractivity contribution in [1.29, 1.82) is 0 Å². The number of rotatable bonds is 1. The highest BCUT2D eigenvalue weighted by atomic mass is 19.1. The van der Waals surface area contributed by atoms with Gasteiger partial charge in [-0.15, -0.1) is 0 Å². The maximum Gasteiger partial charge on any atom is 0.134 e. The van der Waals surface area contributed by atoms with Crippen molar-refractivity contribution >= 4 is 0 Å². The molecule has 0 aliphatic carbocycles. The molecule has 0 N–H and O–H groups in total. The molecular formula is C12H5F4. The molecule has 4 heteroatoms. The highest BCUT2D eigenvalue weighted by Gasteiger charge is 2.12. The van der Waals surface area contributed by atoms with Crippen LogP contribution in [0.15, 0.2) is 30.3 Å². The lowest BCUT2D eigenvalue weighted by Gasteiger charge is -2.05. The zero-order valence-electron chi connectivity index (χ0n) is 7.90. The van der Waals surface area contributed by atoms with Crippen molar-refractivity contribution in [2.75, 3.05) is 0 Å². The van der Waals surface area contributed by atoms with Gasteiger partial charge in [-0.25, -0.2) is 17.6 Å².